The normalized spacial score (nSPS) is 10.4. The molecule has 6 heteroatoms. The van der Waals surface area contributed by atoms with Crippen molar-refractivity contribution in [3.8, 4) is 5.75 Å². The number of carbonyl (C=O) groups excluding carboxylic acids is 1. The SMILES string of the molecule is COC(=O)c1cc2cc(Cl)c(OC)cc2oc1=O. The monoisotopic (exact) mass is 268 g/mol. The smallest absolute Gasteiger partial charge is 0.351 e. The fraction of sp³-hybridized carbons (Fsp3) is 0.167. The number of hydrogen-bond acceptors (Lipinski definition) is 5. The molecule has 1 heterocycles. The number of methoxy groups -OCH3 is 2. The van der Waals surface area contributed by atoms with Crippen LogP contribution in [0.4, 0.5) is 0 Å². The molecule has 2 aromatic rings. The lowest BCUT2D eigenvalue weighted by Crippen LogP contribution is -2.14. The van der Waals surface area contributed by atoms with Crippen LogP contribution in [0.5, 0.6) is 5.75 Å². The van der Waals surface area contributed by atoms with E-state index in [0.29, 0.717) is 16.2 Å². The number of halogens is 1. The molecule has 0 amide bonds. The highest BCUT2D eigenvalue weighted by Gasteiger charge is 2.15. The Kier molecular flexibility index (Phi) is 3.25. The molecule has 0 unspecified atom stereocenters. The molecule has 0 spiro atoms. The van der Waals surface area contributed by atoms with Crippen molar-refractivity contribution in [3.63, 3.8) is 0 Å². The van der Waals surface area contributed by atoms with Crippen LogP contribution >= 0.6 is 11.6 Å². The number of hydrogen-bond donors (Lipinski definition) is 0. The fourth-order valence-corrected chi connectivity index (χ4v) is 1.78. The maximum Gasteiger partial charge on any atom is 0.351 e. The van der Waals surface area contributed by atoms with Gasteiger partial charge in [-0.3, -0.25) is 0 Å². The van der Waals surface area contributed by atoms with Crippen LogP contribution in [0.2, 0.25) is 5.02 Å². The summed E-state index contributed by atoms with van der Waals surface area (Å²) in [4.78, 5) is 22.9. The molecule has 94 valence electrons. The standard InChI is InChI=1S/C12H9ClO5/c1-16-10-5-9-6(4-8(10)13)3-7(11(14)17-2)12(15)18-9/h3-5H,1-2H3. The number of carbonyl (C=O) groups is 1. The first-order valence-corrected chi connectivity index (χ1v) is 5.34. The minimum atomic E-state index is -0.765. The molecular formula is C12H9ClO5. The number of ether oxygens (including phenoxy) is 2. The topological polar surface area (TPSA) is 65.7 Å². The lowest BCUT2D eigenvalue weighted by molar-refractivity contribution is 0.0596. The molecule has 5 nitrogen and oxygen atoms in total. The zero-order chi connectivity index (χ0) is 13.3. The van der Waals surface area contributed by atoms with Crippen molar-refractivity contribution >= 4 is 28.5 Å². The van der Waals surface area contributed by atoms with Gasteiger partial charge in [0.05, 0.1) is 19.2 Å². The van der Waals surface area contributed by atoms with Gasteiger partial charge in [-0.05, 0) is 12.1 Å². The zero-order valence-corrected chi connectivity index (χ0v) is 10.4. The van der Waals surface area contributed by atoms with Crippen LogP contribution in [0.15, 0.2) is 27.4 Å². The van der Waals surface area contributed by atoms with Gasteiger partial charge in [0.1, 0.15) is 16.9 Å². The maximum atomic E-state index is 11.6. The van der Waals surface area contributed by atoms with Crippen molar-refractivity contribution in [1.82, 2.24) is 0 Å². The second-order valence-corrected chi connectivity index (χ2v) is 3.87. The third-order valence-electron chi connectivity index (χ3n) is 2.41. The van der Waals surface area contributed by atoms with E-state index in [2.05, 4.69) is 4.74 Å². The van der Waals surface area contributed by atoms with Crippen molar-refractivity contribution in [1.29, 1.82) is 0 Å². The summed E-state index contributed by atoms with van der Waals surface area (Å²) in [6.07, 6.45) is 0. The Labute approximate surface area is 107 Å². The minimum absolute atomic E-state index is 0.175. The number of fused-ring (bicyclic) bond motifs is 1. The predicted octanol–water partition coefficient (Wildman–Crippen LogP) is 2.24. The summed E-state index contributed by atoms with van der Waals surface area (Å²) >= 11 is 5.95. The fourth-order valence-electron chi connectivity index (χ4n) is 1.53. The van der Waals surface area contributed by atoms with Crippen LogP contribution in [-0.2, 0) is 4.74 Å². The van der Waals surface area contributed by atoms with E-state index in [0.717, 1.165) is 0 Å². The van der Waals surface area contributed by atoms with Crippen LogP contribution in [0.3, 0.4) is 0 Å². The highest BCUT2D eigenvalue weighted by Crippen LogP contribution is 2.29. The molecule has 0 aliphatic carbocycles. The highest BCUT2D eigenvalue weighted by molar-refractivity contribution is 6.32. The van der Waals surface area contributed by atoms with Crippen LogP contribution in [0.25, 0.3) is 11.0 Å². The Bertz CT molecular complexity index is 674. The molecule has 1 aromatic heterocycles. The van der Waals surface area contributed by atoms with E-state index in [9.17, 15) is 9.59 Å². The molecule has 0 atom stereocenters. The zero-order valence-electron chi connectivity index (χ0n) is 9.65. The predicted molar refractivity (Wildman–Crippen MR) is 65.4 cm³/mol. The lowest BCUT2D eigenvalue weighted by atomic mass is 10.2. The van der Waals surface area contributed by atoms with E-state index in [1.165, 1.54) is 26.4 Å². The summed E-state index contributed by atoms with van der Waals surface area (Å²) in [5, 5.41) is 0.871. The van der Waals surface area contributed by atoms with E-state index in [4.69, 9.17) is 20.8 Å². The van der Waals surface area contributed by atoms with Gasteiger partial charge in [-0.25, -0.2) is 9.59 Å². The third-order valence-corrected chi connectivity index (χ3v) is 2.71. The van der Waals surface area contributed by atoms with Crippen molar-refractivity contribution in [2.24, 2.45) is 0 Å². The van der Waals surface area contributed by atoms with Crippen LogP contribution in [-0.4, -0.2) is 20.2 Å². The molecule has 0 fully saturated rings. The summed E-state index contributed by atoms with van der Waals surface area (Å²) < 4.78 is 14.5. The summed E-state index contributed by atoms with van der Waals surface area (Å²) in [7, 11) is 2.64. The van der Waals surface area contributed by atoms with E-state index in [-0.39, 0.29) is 11.1 Å². The quantitative estimate of drug-likeness (QED) is 0.617. The molecule has 0 bridgehead atoms. The number of esters is 1. The molecule has 2 rings (SSSR count). The summed E-state index contributed by atoms with van der Waals surface area (Å²) in [5.41, 5.74) is -0.654. The second-order valence-electron chi connectivity index (χ2n) is 3.46. The number of rotatable bonds is 2. The van der Waals surface area contributed by atoms with Gasteiger partial charge in [0, 0.05) is 11.5 Å². The van der Waals surface area contributed by atoms with Gasteiger partial charge in [0.2, 0.25) is 0 Å². The first-order valence-electron chi connectivity index (χ1n) is 4.96. The lowest BCUT2D eigenvalue weighted by Gasteiger charge is -2.05. The van der Waals surface area contributed by atoms with Gasteiger partial charge in [-0.2, -0.15) is 0 Å². The molecule has 0 saturated carbocycles. The molecule has 0 saturated heterocycles. The second kappa shape index (κ2) is 4.70. The Morgan fingerprint density at radius 2 is 2.00 bits per heavy atom. The summed E-state index contributed by atoms with van der Waals surface area (Å²) in [5.74, 6) is -0.365. The highest BCUT2D eigenvalue weighted by atomic mass is 35.5. The summed E-state index contributed by atoms with van der Waals surface area (Å²) in [6, 6.07) is 4.41. The van der Waals surface area contributed by atoms with Crippen LogP contribution < -0.4 is 10.4 Å². The van der Waals surface area contributed by atoms with Crippen molar-refractivity contribution in [2.45, 2.75) is 0 Å². The van der Waals surface area contributed by atoms with Gasteiger partial charge in [0.15, 0.2) is 0 Å². The molecule has 1 aromatic carbocycles. The van der Waals surface area contributed by atoms with E-state index in [1.807, 2.05) is 0 Å². The van der Waals surface area contributed by atoms with Crippen LogP contribution in [0.1, 0.15) is 10.4 Å². The molecule has 0 N–H and O–H groups in total. The van der Waals surface area contributed by atoms with Gasteiger partial charge >= 0.3 is 11.6 Å². The Morgan fingerprint density at radius 1 is 1.28 bits per heavy atom. The molecule has 0 aliphatic heterocycles. The first-order chi connectivity index (χ1) is 8.56. The van der Waals surface area contributed by atoms with Crippen molar-refractivity contribution < 1.29 is 18.7 Å². The first kappa shape index (κ1) is 12.4. The average Bonchev–Trinajstić information content (AvgIpc) is 2.37. The summed E-state index contributed by atoms with van der Waals surface area (Å²) in [6.45, 7) is 0. The van der Waals surface area contributed by atoms with E-state index in [1.54, 1.807) is 6.07 Å². The Balaban J connectivity index is 2.72. The van der Waals surface area contributed by atoms with Crippen molar-refractivity contribution in [2.75, 3.05) is 14.2 Å². The Hall–Kier alpha value is -2.01. The van der Waals surface area contributed by atoms with E-state index < -0.39 is 11.6 Å². The largest absolute Gasteiger partial charge is 0.495 e. The molecule has 0 radical (unpaired) electrons. The van der Waals surface area contributed by atoms with Gasteiger partial charge in [-0.1, -0.05) is 11.6 Å². The van der Waals surface area contributed by atoms with Gasteiger partial charge in [-0.15, -0.1) is 0 Å². The Morgan fingerprint density at radius 3 is 2.61 bits per heavy atom. The van der Waals surface area contributed by atoms with Crippen LogP contribution in [0, 0.1) is 0 Å². The average molecular weight is 269 g/mol. The maximum absolute atomic E-state index is 11.6. The molecular weight excluding hydrogens is 260 g/mol. The minimum Gasteiger partial charge on any atom is -0.495 e. The van der Waals surface area contributed by atoms with Gasteiger partial charge in [0.25, 0.3) is 0 Å². The number of benzene rings is 1. The molecule has 0 aliphatic rings. The van der Waals surface area contributed by atoms with Crippen molar-refractivity contribution in [3.05, 3.63) is 39.2 Å². The van der Waals surface area contributed by atoms with E-state index >= 15 is 0 Å². The third kappa shape index (κ3) is 2.04. The van der Waals surface area contributed by atoms with Gasteiger partial charge < -0.3 is 13.9 Å². The molecule has 18 heavy (non-hydrogen) atoms.